The number of ether oxygens (including phenoxy) is 1. The van der Waals surface area contributed by atoms with Gasteiger partial charge in [-0.15, -0.1) is 0 Å². The zero-order valence-electron chi connectivity index (χ0n) is 14.0. The van der Waals surface area contributed by atoms with E-state index in [0.29, 0.717) is 16.7 Å². The zero-order valence-corrected chi connectivity index (χ0v) is 15.6. The average molecular weight is 434 g/mol. The van der Waals surface area contributed by atoms with Gasteiger partial charge in [-0.3, -0.25) is 9.20 Å². The molecule has 0 fully saturated rings. The summed E-state index contributed by atoms with van der Waals surface area (Å²) in [5.41, 5.74) is 3.16. The van der Waals surface area contributed by atoms with E-state index in [9.17, 15) is 26.4 Å². The Balaban J connectivity index is 2.40. The number of benzene rings is 1. The number of rotatable bonds is 4. The van der Waals surface area contributed by atoms with E-state index in [1.165, 1.54) is 19.2 Å². The minimum absolute atomic E-state index is 0.133. The van der Waals surface area contributed by atoms with Gasteiger partial charge in [0, 0.05) is 12.3 Å². The molecule has 0 spiro atoms. The lowest BCUT2D eigenvalue weighted by atomic mass is 10.3. The van der Waals surface area contributed by atoms with Crippen LogP contribution in [0, 0.1) is 0 Å². The van der Waals surface area contributed by atoms with Gasteiger partial charge in [0.15, 0.2) is 10.7 Å². The van der Waals surface area contributed by atoms with Gasteiger partial charge < -0.3 is 10.5 Å². The standard InChI is InChI=1S/C16H11ClF3N3O4S/c1-27-9-3-4-10(17)11(6-9)28(25,26)15-13(14(21)24)22-12-5-2-8(7-23(12)15)16(18,19)20/h2-7H,1H3,(H2,21,24). The van der Waals surface area contributed by atoms with Crippen molar-refractivity contribution in [2.75, 3.05) is 7.11 Å². The van der Waals surface area contributed by atoms with Crippen LogP contribution in [0.25, 0.3) is 5.65 Å². The van der Waals surface area contributed by atoms with Gasteiger partial charge in [0.05, 0.1) is 22.6 Å². The maximum absolute atomic E-state index is 13.2. The Morgan fingerprint density at radius 1 is 1.25 bits per heavy atom. The summed E-state index contributed by atoms with van der Waals surface area (Å²) in [6, 6.07) is 5.35. The fourth-order valence-corrected chi connectivity index (χ4v) is 4.56. The quantitative estimate of drug-likeness (QED) is 0.681. The van der Waals surface area contributed by atoms with Crippen molar-refractivity contribution < 1.29 is 31.1 Å². The van der Waals surface area contributed by atoms with Gasteiger partial charge >= 0.3 is 6.18 Å². The summed E-state index contributed by atoms with van der Waals surface area (Å²) in [5.74, 6) is -1.09. The van der Waals surface area contributed by atoms with Crippen molar-refractivity contribution >= 4 is 33.0 Å². The molecule has 28 heavy (non-hydrogen) atoms. The Hall–Kier alpha value is -2.79. The van der Waals surface area contributed by atoms with Crippen LogP contribution < -0.4 is 10.5 Å². The number of halogens is 4. The molecular weight excluding hydrogens is 423 g/mol. The van der Waals surface area contributed by atoms with Crippen molar-refractivity contribution in [3.63, 3.8) is 0 Å². The number of carbonyl (C=O) groups excluding carboxylic acids is 1. The molecule has 0 aliphatic rings. The molecule has 0 saturated heterocycles. The first-order valence-electron chi connectivity index (χ1n) is 7.44. The number of pyridine rings is 1. The second-order valence-corrected chi connectivity index (χ2v) is 7.81. The van der Waals surface area contributed by atoms with Gasteiger partial charge in [-0.2, -0.15) is 13.2 Å². The first kappa shape index (κ1) is 20.0. The number of nitrogens with two attached hydrogens (primary N) is 1. The number of nitrogens with zero attached hydrogens (tertiary/aromatic N) is 2. The predicted molar refractivity (Wildman–Crippen MR) is 92.2 cm³/mol. The van der Waals surface area contributed by atoms with Crippen LogP contribution in [0.3, 0.4) is 0 Å². The van der Waals surface area contributed by atoms with Crippen LogP contribution in [0.15, 0.2) is 46.5 Å². The lowest BCUT2D eigenvalue weighted by molar-refractivity contribution is -0.137. The van der Waals surface area contributed by atoms with E-state index in [2.05, 4.69) is 4.98 Å². The maximum Gasteiger partial charge on any atom is 0.417 e. The van der Waals surface area contributed by atoms with Crippen molar-refractivity contribution in [3.05, 3.63) is 52.8 Å². The number of fused-ring (bicyclic) bond motifs is 1. The first-order valence-corrected chi connectivity index (χ1v) is 9.30. The van der Waals surface area contributed by atoms with Gasteiger partial charge in [-0.05, 0) is 24.3 Å². The molecule has 3 aromatic rings. The highest BCUT2D eigenvalue weighted by Crippen LogP contribution is 2.34. The van der Waals surface area contributed by atoms with Crippen molar-refractivity contribution in [2.24, 2.45) is 5.73 Å². The topological polar surface area (TPSA) is 104 Å². The molecule has 2 heterocycles. The lowest BCUT2D eigenvalue weighted by Gasteiger charge is -2.11. The number of methoxy groups -OCH3 is 1. The molecule has 12 heteroatoms. The highest BCUT2D eigenvalue weighted by atomic mass is 35.5. The van der Waals surface area contributed by atoms with Crippen molar-refractivity contribution in [1.82, 2.24) is 9.38 Å². The SMILES string of the molecule is COc1ccc(Cl)c(S(=O)(=O)c2c(C(N)=O)nc3ccc(C(F)(F)F)cn23)c1. The molecular formula is C16H11ClF3N3O4S. The number of carbonyl (C=O) groups is 1. The molecule has 0 radical (unpaired) electrons. The van der Waals surface area contributed by atoms with Crippen molar-refractivity contribution in [2.45, 2.75) is 16.1 Å². The van der Waals surface area contributed by atoms with Crippen LogP contribution >= 0.6 is 11.6 Å². The lowest BCUT2D eigenvalue weighted by Crippen LogP contribution is -2.18. The van der Waals surface area contributed by atoms with E-state index in [4.69, 9.17) is 22.1 Å². The van der Waals surface area contributed by atoms with E-state index >= 15 is 0 Å². The molecule has 1 aromatic carbocycles. The summed E-state index contributed by atoms with van der Waals surface area (Å²) in [6.45, 7) is 0. The highest BCUT2D eigenvalue weighted by Gasteiger charge is 2.35. The normalized spacial score (nSPS) is 12.3. The summed E-state index contributed by atoms with van der Waals surface area (Å²) in [7, 11) is -3.31. The van der Waals surface area contributed by atoms with E-state index < -0.39 is 43.1 Å². The molecule has 1 amide bonds. The Bertz CT molecular complexity index is 1210. The molecule has 2 N–H and O–H groups in total. The van der Waals surface area contributed by atoms with Crippen LogP contribution in [0.4, 0.5) is 13.2 Å². The molecule has 0 unspecified atom stereocenters. The van der Waals surface area contributed by atoms with E-state index in [1.807, 2.05) is 0 Å². The minimum Gasteiger partial charge on any atom is -0.497 e. The number of alkyl halides is 3. The number of primary amides is 1. The Morgan fingerprint density at radius 3 is 2.50 bits per heavy atom. The van der Waals surface area contributed by atoms with Crippen LogP contribution in [-0.2, 0) is 16.0 Å². The Kier molecular flexibility index (Phi) is 4.76. The predicted octanol–water partition coefficient (Wildman–Crippen LogP) is 2.95. The fraction of sp³-hybridized carbons (Fsp3) is 0.125. The van der Waals surface area contributed by atoms with Gasteiger partial charge in [-0.1, -0.05) is 11.6 Å². The summed E-state index contributed by atoms with van der Waals surface area (Å²) in [4.78, 5) is 15.1. The molecule has 7 nitrogen and oxygen atoms in total. The third-order valence-corrected chi connectivity index (χ3v) is 6.08. The van der Waals surface area contributed by atoms with Gasteiger partial charge in [0.25, 0.3) is 5.91 Å². The van der Waals surface area contributed by atoms with Crippen LogP contribution in [-0.4, -0.2) is 30.8 Å². The zero-order chi connectivity index (χ0) is 20.9. The van der Waals surface area contributed by atoms with Crippen molar-refractivity contribution in [3.8, 4) is 5.75 Å². The molecule has 3 rings (SSSR count). The molecule has 0 aliphatic carbocycles. The fourth-order valence-electron chi connectivity index (χ4n) is 2.53. The highest BCUT2D eigenvalue weighted by molar-refractivity contribution is 7.91. The maximum atomic E-state index is 13.2. The molecule has 2 aromatic heterocycles. The number of amides is 1. The Labute approximate surface area is 161 Å². The van der Waals surface area contributed by atoms with Gasteiger partial charge in [-0.25, -0.2) is 13.4 Å². The summed E-state index contributed by atoms with van der Waals surface area (Å²) < 4.78 is 71.2. The van der Waals surface area contributed by atoms with E-state index in [-0.39, 0.29) is 16.4 Å². The summed E-state index contributed by atoms with van der Waals surface area (Å²) in [6.07, 6.45) is -4.23. The van der Waals surface area contributed by atoms with Gasteiger partial charge in [0.1, 0.15) is 11.4 Å². The monoisotopic (exact) mass is 433 g/mol. The molecule has 0 saturated carbocycles. The third kappa shape index (κ3) is 3.27. The summed E-state index contributed by atoms with van der Waals surface area (Å²) >= 11 is 5.98. The second-order valence-electron chi connectivity index (χ2n) is 5.57. The number of sulfone groups is 1. The Morgan fingerprint density at radius 2 is 1.93 bits per heavy atom. The largest absolute Gasteiger partial charge is 0.497 e. The van der Waals surface area contributed by atoms with E-state index in [0.717, 1.165) is 12.1 Å². The number of imidazole rings is 1. The average Bonchev–Trinajstić information content (AvgIpc) is 3.01. The second kappa shape index (κ2) is 6.67. The van der Waals surface area contributed by atoms with Crippen LogP contribution in [0.5, 0.6) is 5.75 Å². The van der Waals surface area contributed by atoms with Crippen LogP contribution in [0.1, 0.15) is 16.1 Å². The summed E-state index contributed by atoms with van der Waals surface area (Å²) in [5, 5.41) is -1.05. The molecule has 0 atom stereocenters. The number of hydrogen-bond acceptors (Lipinski definition) is 5. The smallest absolute Gasteiger partial charge is 0.417 e. The number of aromatic nitrogens is 2. The minimum atomic E-state index is -4.75. The first-order chi connectivity index (χ1) is 13.0. The van der Waals surface area contributed by atoms with Crippen molar-refractivity contribution in [1.29, 1.82) is 0 Å². The molecule has 0 aliphatic heterocycles. The van der Waals surface area contributed by atoms with Gasteiger partial charge in [0.2, 0.25) is 9.84 Å². The third-order valence-electron chi connectivity index (χ3n) is 3.82. The number of hydrogen-bond donors (Lipinski definition) is 1. The molecule has 0 bridgehead atoms. The van der Waals surface area contributed by atoms with E-state index in [1.54, 1.807) is 0 Å². The molecule has 148 valence electrons. The van der Waals surface area contributed by atoms with Crippen LogP contribution in [0.2, 0.25) is 5.02 Å².